The number of sulfonamides is 1. The maximum absolute atomic E-state index is 12.4. The van der Waals surface area contributed by atoms with E-state index in [-0.39, 0.29) is 11.9 Å². The molecule has 8 heteroatoms. The molecular weight excluding hydrogens is 368 g/mol. The van der Waals surface area contributed by atoms with Crippen molar-refractivity contribution in [3.05, 3.63) is 29.3 Å². The van der Waals surface area contributed by atoms with Crippen molar-refractivity contribution in [3.63, 3.8) is 0 Å². The van der Waals surface area contributed by atoms with E-state index in [4.69, 9.17) is 4.74 Å². The Hall–Kier alpha value is -2.09. The maximum atomic E-state index is 12.4. The van der Waals surface area contributed by atoms with E-state index < -0.39 is 22.1 Å². The summed E-state index contributed by atoms with van der Waals surface area (Å²) in [6, 6.07) is 5.02. The number of nitrogens with one attached hydrogen (secondary N) is 1. The zero-order chi connectivity index (χ0) is 19.6. The number of carbonyl (C=O) groups is 2. The van der Waals surface area contributed by atoms with Crippen molar-refractivity contribution in [2.75, 3.05) is 17.1 Å². The zero-order valence-corrected chi connectivity index (χ0v) is 16.5. The molecule has 0 bridgehead atoms. The Morgan fingerprint density at radius 2 is 1.93 bits per heavy atom. The summed E-state index contributed by atoms with van der Waals surface area (Å²) in [5.74, 6) is -0.861. The number of esters is 1. The van der Waals surface area contributed by atoms with Crippen LogP contribution in [-0.2, 0) is 26.0 Å². The number of ether oxygens (including phenoxy) is 1. The van der Waals surface area contributed by atoms with Crippen LogP contribution in [-0.4, -0.2) is 45.2 Å². The van der Waals surface area contributed by atoms with Crippen LogP contribution < -0.4 is 9.62 Å². The molecule has 1 aromatic carbocycles. The topological polar surface area (TPSA) is 92.8 Å². The molecule has 0 aromatic heterocycles. The average Bonchev–Trinajstić information content (AvgIpc) is 3.12. The van der Waals surface area contributed by atoms with Gasteiger partial charge in [-0.25, -0.2) is 13.2 Å². The summed E-state index contributed by atoms with van der Waals surface area (Å²) < 4.78 is 30.5. The number of hydrogen-bond acceptors (Lipinski definition) is 5. The summed E-state index contributed by atoms with van der Waals surface area (Å²) in [6.07, 6.45) is 5.84. The second-order valence-corrected chi connectivity index (χ2v) is 9.23. The quantitative estimate of drug-likeness (QED) is 0.771. The Kier molecular flexibility index (Phi) is 5.74. The van der Waals surface area contributed by atoms with Crippen LogP contribution in [0.1, 0.15) is 54.9 Å². The van der Waals surface area contributed by atoms with Gasteiger partial charge in [-0.2, -0.15) is 0 Å². The van der Waals surface area contributed by atoms with E-state index in [1.807, 2.05) is 0 Å². The van der Waals surface area contributed by atoms with Crippen molar-refractivity contribution in [2.24, 2.45) is 0 Å². The predicted octanol–water partition coefficient (Wildman–Crippen LogP) is 2.00. The number of benzene rings is 1. The third-order valence-corrected chi connectivity index (χ3v) is 6.33. The first-order valence-corrected chi connectivity index (χ1v) is 11.2. The van der Waals surface area contributed by atoms with Gasteiger partial charge < -0.3 is 10.1 Å². The van der Waals surface area contributed by atoms with Gasteiger partial charge in [0.1, 0.15) is 0 Å². The van der Waals surface area contributed by atoms with Gasteiger partial charge in [-0.15, -0.1) is 0 Å². The summed E-state index contributed by atoms with van der Waals surface area (Å²) >= 11 is 0. The van der Waals surface area contributed by atoms with Crippen LogP contribution in [0.4, 0.5) is 5.69 Å². The molecule has 1 saturated carbocycles. The highest BCUT2D eigenvalue weighted by atomic mass is 32.2. The number of nitrogens with zero attached hydrogens (tertiary/aromatic N) is 1. The molecule has 0 spiro atoms. The minimum atomic E-state index is -3.35. The lowest BCUT2D eigenvalue weighted by Gasteiger charge is -2.29. The van der Waals surface area contributed by atoms with Crippen LogP contribution in [0.5, 0.6) is 0 Å². The molecule has 1 atom stereocenters. The van der Waals surface area contributed by atoms with Crippen LogP contribution in [0.15, 0.2) is 18.2 Å². The summed E-state index contributed by atoms with van der Waals surface area (Å²) in [4.78, 5) is 24.6. The van der Waals surface area contributed by atoms with Gasteiger partial charge >= 0.3 is 5.97 Å². The van der Waals surface area contributed by atoms with Crippen molar-refractivity contribution in [3.8, 4) is 0 Å². The second-order valence-electron chi connectivity index (χ2n) is 7.32. The molecule has 1 N–H and O–H groups in total. The first kappa shape index (κ1) is 19.7. The minimum absolute atomic E-state index is 0.171. The molecule has 7 nitrogen and oxygen atoms in total. The summed E-state index contributed by atoms with van der Waals surface area (Å²) in [5.41, 5.74) is 1.72. The first-order chi connectivity index (χ1) is 12.8. The molecule has 0 radical (unpaired) electrons. The van der Waals surface area contributed by atoms with Gasteiger partial charge in [0.05, 0.1) is 17.5 Å². The Morgan fingerprint density at radius 1 is 1.22 bits per heavy atom. The Morgan fingerprint density at radius 3 is 2.59 bits per heavy atom. The lowest BCUT2D eigenvalue weighted by Crippen LogP contribution is -2.40. The number of carbonyl (C=O) groups excluding carboxylic acids is 2. The van der Waals surface area contributed by atoms with Gasteiger partial charge in [-0.05, 0) is 56.4 Å². The van der Waals surface area contributed by atoms with Gasteiger partial charge in [-0.1, -0.05) is 12.8 Å². The molecule has 1 amide bonds. The molecule has 0 saturated heterocycles. The Labute approximate surface area is 160 Å². The SMILES string of the molecule is C[C@H](OC(=O)c1ccc2c(c1)CCCN2S(C)(=O)=O)C(=O)NC1CCCC1. The maximum Gasteiger partial charge on any atom is 0.338 e. The summed E-state index contributed by atoms with van der Waals surface area (Å²) in [5, 5.41) is 2.92. The van der Waals surface area contributed by atoms with Crippen molar-refractivity contribution in [1.82, 2.24) is 5.32 Å². The molecule has 27 heavy (non-hydrogen) atoms. The largest absolute Gasteiger partial charge is 0.449 e. The lowest BCUT2D eigenvalue weighted by atomic mass is 10.0. The third kappa shape index (κ3) is 4.61. The predicted molar refractivity (Wildman–Crippen MR) is 102 cm³/mol. The van der Waals surface area contributed by atoms with Crippen molar-refractivity contribution in [2.45, 2.75) is 57.6 Å². The molecule has 1 heterocycles. The molecule has 1 fully saturated rings. The van der Waals surface area contributed by atoms with E-state index in [1.54, 1.807) is 25.1 Å². The smallest absolute Gasteiger partial charge is 0.338 e. The molecule has 1 aliphatic carbocycles. The van der Waals surface area contributed by atoms with Crippen molar-refractivity contribution >= 4 is 27.6 Å². The summed E-state index contributed by atoms with van der Waals surface area (Å²) in [6.45, 7) is 2.00. The van der Waals surface area contributed by atoms with E-state index in [9.17, 15) is 18.0 Å². The van der Waals surface area contributed by atoms with Gasteiger partial charge in [0, 0.05) is 12.6 Å². The highest BCUT2D eigenvalue weighted by Gasteiger charge is 2.27. The number of rotatable bonds is 5. The van der Waals surface area contributed by atoms with Crippen LogP contribution >= 0.6 is 0 Å². The van der Waals surface area contributed by atoms with Crippen molar-refractivity contribution < 1.29 is 22.7 Å². The molecule has 0 unspecified atom stereocenters. The Balaban J connectivity index is 1.67. The fourth-order valence-electron chi connectivity index (χ4n) is 3.70. The van der Waals surface area contributed by atoms with E-state index >= 15 is 0 Å². The lowest BCUT2D eigenvalue weighted by molar-refractivity contribution is -0.129. The van der Waals surface area contributed by atoms with E-state index in [0.29, 0.717) is 30.6 Å². The molecule has 2 aliphatic rings. The highest BCUT2D eigenvalue weighted by Crippen LogP contribution is 2.30. The van der Waals surface area contributed by atoms with Gasteiger partial charge in [-0.3, -0.25) is 9.10 Å². The van der Waals surface area contributed by atoms with Gasteiger partial charge in [0.2, 0.25) is 10.0 Å². The van der Waals surface area contributed by atoms with E-state index in [0.717, 1.165) is 31.2 Å². The average molecular weight is 394 g/mol. The third-order valence-electron chi connectivity index (χ3n) is 5.15. The standard InChI is InChI=1S/C19H26N2O5S/c1-13(18(22)20-16-7-3-4-8-16)26-19(23)15-9-10-17-14(12-15)6-5-11-21(17)27(2,24)25/h9-10,12-13,16H,3-8,11H2,1-2H3,(H,20,22)/t13-/m0/s1. The molecule has 3 rings (SSSR count). The fourth-order valence-corrected chi connectivity index (χ4v) is 4.70. The molecule has 1 aromatic rings. The number of aryl methyl sites for hydroxylation is 1. The van der Waals surface area contributed by atoms with Crippen molar-refractivity contribution in [1.29, 1.82) is 0 Å². The molecular formula is C19H26N2O5S. The fraction of sp³-hybridized carbons (Fsp3) is 0.579. The Bertz CT molecular complexity index is 831. The van der Waals surface area contributed by atoms with E-state index in [2.05, 4.69) is 5.32 Å². The number of fused-ring (bicyclic) bond motifs is 1. The second kappa shape index (κ2) is 7.88. The molecule has 148 valence electrons. The molecule has 1 aliphatic heterocycles. The zero-order valence-electron chi connectivity index (χ0n) is 15.7. The van der Waals surface area contributed by atoms with Gasteiger partial charge in [0.15, 0.2) is 6.10 Å². The first-order valence-electron chi connectivity index (χ1n) is 9.37. The summed E-state index contributed by atoms with van der Waals surface area (Å²) in [7, 11) is -3.35. The van der Waals surface area contributed by atoms with Crippen LogP contribution in [0.3, 0.4) is 0 Å². The monoisotopic (exact) mass is 394 g/mol. The number of hydrogen-bond donors (Lipinski definition) is 1. The highest BCUT2D eigenvalue weighted by molar-refractivity contribution is 7.92. The number of amides is 1. The normalized spacial score (nSPS) is 18.7. The van der Waals surface area contributed by atoms with Crippen LogP contribution in [0, 0.1) is 0 Å². The van der Waals surface area contributed by atoms with Crippen LogP contribution in [0.2, 0.25) is 0 Å². The van der Waals surface area contributed by atoms with E-state index in [1.165, 1.54) is 10.6 Å². The van der Waals surface area contributed by atoms with Gasteiger partial charge in [0.25, 0.3) is 5.91 Å². The number of anilines is 1. The van der Waals surface area contributed by atoms with Crippen LogP contribution in [0.25, 0.3) is 0 Å². The minimum Gasteiger partial charge on any atom is -0.449 e.